The number of hydrogen-bond acceptors (Lipinski definition) is 3. The van der Waals surface area contributed by atoms with Crippen molar-refractivity contribution in [1.29, 1.82) is 0 Å². The van der Waals surface area contributed by atoms with Crippen LogP contribution in [0.5, 0.6) is 0 Å². The van der Waals surface area contributed by atoms with Crippen molar-refractivity contribution < 1.29 is 0 Å². The topological polar surface area (TPSA) is 29.0 Å². The quantitative estimate of drug-likeness (QED) is 0.822. The summed E-state index contributed by atoms with van der Waals surface area (Å²) in [6.07, 6.45) is 4.45. The smallest absolute Gasteiger partial charge is 0.147 e. The number of rotatable bonds is 2. The van der Waals surface area contributed by atoms with Gasteiger partial charge < -0.3 is 4.90 Å². The maximum absolute atomic E-state index is 4.73. The Morgan fingerprint density at radius 3 is 2.47 bits per heavy atom. The van der Waals surface area contributed by atoms with Crippen LogP contribution in [0.1, 0.15) is 26.7 Å². The zero-order valence-electron chi connectivity index (χ0n) is 11.7. The molecule has 0 N–H and O–H groups in total. The van der Waals surface area contributed by atoms with E-state index in [0.717, 1.165) is 41.8 Å². The van der Waals surface area contributed by atoms with E-state index in [4.69, 9.17) is 4.98 Å². The normalized spacial score (nSPS) is 17.3. The van der Waals surface area contributed by atoms with E-state index < -0.39 is 0 Å². The summed E-state index contributed by atoms with van der Waals surface area (Å²) in [7, 11) is 0. The molecule has 1 aromatic heterocycles. The highest BCUT2D eigenvalue weighted by Crippen LogP contribution is 2.27. The van der Waals surface area contributed by atoms with Gasteiger partial charge in [-0.1, -0.05) is 26.0 Å². The fourth-order valence-corrected chi connectivity index (χ4v) is 2.90. The average molecular weight is 255 g/mol. The minimum Gasteiger partial charge on any atom is -0.355 e. The molecule has 0 bridgehead atoms. The van der Waals surface area contributed by atoms with Crippen molar-refractivity contribution in [2.75, 3.05) is 18.0 Å². The first kappa shape index (κ1) is 12.4. The van der Waals surface area contributed by atoms with Crippen LogP contribution in [0.25, 0.3) is 11.0 Å². The Bertz CT molecular complexity index is 557. The molecule has 0 spiro atoms. The zero-order valence-corrected chi connectivity index (χ0v) is 11.7. The molecular formula is C16H21N3. The third-order valence-corrected chi connectivity index (χ3v) is 4.24. The van der Waals surface area contributed by atoms with E-state index in [1.54, 1.807) is 0 Å². The van der Waals surface area contributed by atoms with Gasteiger partial charge in [0.15, 0.2) is 0 Å². The van der Waals surface area contributed by atoms with E-state index in [1.165, 1.54) is 12.8 Å². The van der Waals surface area contributed by atoms with Gasteiger partial charge in [0.05, 0.1) is 17.2 Å². The lowest BCUT2D eigenvalue weighted by Crippen LogP contribution is -2.35. The molecule has 1 aliphatic rings. The van der Waals surface area contributed by atoms with Crippen molar-refractivity contribution in [2.24, 2.45) is 11.8 Å². The lowest BCUT2D eigenvalue weighted by molar-refractivity contribution is 0.310. The first-order valence-electron chi connectivity index (χ1n) is 7.21. The second-order valence-electron chi connectivity index (χ2n) is 5.79. The summed E-state index contributed by atoms with van der Waals surface area (Å²) >= 11 is 0. The third-order valence-electron chi connectivity index (χ3n) is 4.24. The van der Waals surface area contributed by atoms with Gasteiger partial charge >= 0.3 is 0 Å². The van der Waals surface area contributed by atoms with Gasteiger partial charge in [-0.3, -0.25) is 4.98 Å². The first-order chi connectivity index (χ1) is 9.24. The predicted octanol–water partition coefficient (Wildman–Crippen LogP) is 3.50. The van der Waals surface area contributed by atoms with Crippen molar-refractivity contribution in [3.63, 3.8) is 0 Å². The molecule has 1 aliphatic heterocycles. The van der Waals surface area contributed by atoms with Crippen LogP contribution < -0.4 is 4.90 Å². The Kier molecular flexibility index (Phi) is 3.36. The molecule has 1 fully saturated rings. The van der Waals surface area contributed by atoms with Gasteiger partial charge in [0.25, 0.3) is 0 Å². The number of piperidine rings is 1. The Hall–Kier alpha value is -1.64. The molecule has 0 saturated carbocycles. The summed E-state index contributed by atoms with van der Waals surface area (Å²) < 4.78 is 0. The van der Waals surface area contributed by atoms with E-state index >= 15 is 0 Å². The van der Waals surface area contributed by atoms with Crippen LogP contribution in [0.4, 0.5) is 5.82 Å². The van der Waals surface area contributed by atoms with Crippen LogP contribution in [-0.4, -0.2) is 23.1 Å². The number of fused-ring (bicyclic) bond motifs is 1. The summed E-state index contributed by atoms with van der Waals surface area (Å²) in [4.78, 5) is 11.6. The van der Waals surface area contributed by atoms with Gasteiger partial charge in [-0.15, -0.1) is 0 Å². The number of para-hydroxylation sites is 2. The van der Waals surface area contributed by atoms with E-state index in [9.17, 15) is 0 Å². The van der Waals surface area contributed by atoms with Crippen molar-refractivity contribution in [3.05, 3.63) is 30.5 Å². The van der Waals surface area contributed by atoms with Crippen LogP contribution in [-0.2, 0) is 0 Å². The molecule has 3 rings (SSSR count). The van der Waals surface area contributed by atoms with Crippen LogP contribution >= 0.6 is 0 Å². The standard InChI is InChI=1S/C16H21N3/c1-12(2)13-7-9-19(10-8-13)16-11-17-14-5-3-4-6-15(14)18-16/h3-6,11-13H,7-10H2,1-2H3. The SMILES string of the molecule is CC(C)C1CCN(c2cnc3ccccc3n2)CC1. The Morgan fingerprint density at radius 1 is 1.11 bits per heavy atom. The van der Waals surface area contributed by atoms with E-state index in [0.29, 0.717) is 0 Å². The largest absolute Gasteiger partial charge is 0.355 e. The molecule has 3 nitrogen and oxygen atoms in total. The molecule has 0 aliphatic carbocycles. The third kappa shape index (κ3) is 2.55. The van der Waals surface area contributed by atoms with Crippen LogP contribution in [0.3, 0.4) is 0 Å². The molecular weight excluding hydrogens is 234 g/mol. The molecule has 2 aromatic rings. The molecule has 3 heteroatoms. The number of benzene rings is 1. The summed E-state index contributed by atoms with van der Waals surface area (Å²) in [5, 5.41) is 0. The zero-order chi connectivity index (χ0) is 13.2. The monoisotopic (exact) mass is 255 g/mol. The van der Waals surface area contributed by atoms with Gasteiger partial charge in [0.1, 0.15) is 5.82 Å². The molecule has 19 heavy (non-hydrogen) atoms. The number of nitrogens with zero attached hydrogens (tertiary/aromatic N) is 3. The van der Waals surface area contributed by atoms with Crippen molar-refractivity contribution in [1.82, 2.24) is 9.97 Å². The van der Waals surface area contributed by atoms with Gasteiger partial charge in [-0.25, -0.2) is 4.98 Å². The van der Waals surface area contributed by atoms with Crippen molar-refractivity contribution >= 4 is 16.9 Å². The Labute approximate surface area is 114 Å². The molecule has 0 unspecified atom stereocenters. The molecule has 100 valence electrons. The first-order valence-corrected chi connectivity index (χ1v) is 7.21. The van der Waals surface area contributed by atoms with Crippen LogP contribution in [0, 0.1) is 11.8 Å². The van der Waals surface area contributed by atoms with E-state index in [-0.39, 0.29) is 0 Å². The molecule has 1 saturated heterocycles. The number of aromatic nitrogens is 2. The fourth-order valence-electron chi connectivity index (χ4n) is 2.90. The van der Waals surface area contributed by atoms with E-state index in [2.05, 4.69) is 23.7 Å². The predicted molar refractivity (Wildman–Crippen MR) is 79.3 cm³/mol. The van der Waals surface area contributed by atoms with Gasteiger partial charge in [0.2, 0.25) is 0 Å². The highest BCUT2D eigenvalue weighted by atomic mass is 15.2. The summed E-state index contributed by atoms with van der Waals surface area (Å²) in [6, 6.07) is 8.07. The molecule has 0 radical (unpaired) electrons. The van der Waals surface area contributed by atoms with Crippen molar-refractivity contribution in [3.8, 4) is 0 Å². The summed E-state index contributed by atoms with van der Waals surface area (Å²) in [6.45, 7) is 6.87. The highest BCUT2D eigenvalue weighted by Gasteiger charge is 2.22. The van der Waals surface area contributed by atoms with Gasteiger partial charge in [-0.2, -0.15) is 0 Å². The number of hydrogen-bond donors (Lipinski definition) is 0. The summed E-state index contributed by atoms with van der Waals surface area (Å²) in [5.74, 6) is 2.69. The van der Waals surface area contributed by atoms with Crippen LogP contribution in [0.15, 0.2) is 30.5 Å². The molecule has 0 atom stereocenters. The Balaban J connectivity index is 1.78. The average Bonchev–Trinajstić information content (AvgIpc) is 2.47. The van der Waals surface area contributed by atoms with Crippen molar-refractivity contribution in [2.45, 2.75) is 26.7 Å². The lowest BCUT2D eigenvalue weighted by Gasteiger charge is -2.34. The summed E-state index contributed by atoms with van der Waals surface area (Å²) in [5.41, 5.74) is 1.97. The fraction of sp³-hybridized carbons (Fsp3) is 0.500. The second-order valence-corrected chi connectivity index (χ2v) is 5.79. The molecule has 2 heterocycles. The molecule has 0 amide bonds. The van der Waals surface area contributed by atoms with Gasteiger partial charge in [-0.05, 0) is 36.8 Å². The highest BCUT2D eigenvalue weighted by molar-refractivity contribution is 5.75. The second kappa shape index (κ2) is 5.16. The lowest BCUT2D eigenvalue weighted by atomic mass is 9.87. The van der Waals surface area contributed by atoms with Gasteiger partial charge in [0, 0.05) is 13.1 Å². The van der Waals surface area contributed by atoms with E-state index in [1.807, 2.05) is 30.5 Å². The minimum absolute atomic E-state index is 0.796. The Morgan fingerprint density at radius 2 is 1.79 bits per heavy atom. The number of anilines is 1. The maximum Gasteiger partial charge on any atom is 0.147 e. The van der Waals surface area contributed by atoms with Crippen LogP contribution in [0.2, 0.25) is 0 Å². The maximum atomic E-state index is 4.73. The molecule has 1 aromatic carbocycles. The minimum atomic E-state index is 0.796.